The minimum Gasteiger partial charge on any atom is -0.483 e. The van der Waals surface area contributed by atoms with E-state index in [0.29, 0.717) is 30.0 Å². The number of carbonyl (C=O) groups is 1. The largest absolute Gasteiger partial charge is 0.483 e. The van der Waals surface area contributed by atoms with Crippen LogP contribution in [0.2, 0.25) is 0 Å². The molecule has 118 valence electrons. The molecule has 0 atom stereocenters. The fraction of sp³-hybridized carbons (Fsp3) is 0.500. The van der Waals surface area contributed by atoms with Gasteiger partial charge in [0.2, 0.25) is 0 Å². The zero-order valence-electron chi connectivity index (χ0n) is 12.6. The lowest BCUT2D eigenvalue weighted by molar-refractivity contribution is -0.132. The summed E-state index contributed by atoms with van der Waals surface area (Å²) in [5.41, 5.74) is 1.10. The Morgan fingerprint density at radius 3 is 2.24 bits per heavy atom. The Morgan fingerprint density at radius 2 is 1.76 bits per heavy atom. The Labute approximate surface area is 130 Å². The molecule has 0 aromatic heterocycles. The predicted octanol–water partition coefficient (Wildman–Crippen LogP) is 2.48. The van der Waals surface area contributed by atoms with Gasteiger partial charge in [-0.15, -0.1) is 0 Å². The number of amides is 1. The average Bonchev–Trinajstić information content (AvgIpc) is 2.39. The van der Waals surface area contributed by atoms with Gasteiger partial charge >= 0.3 is 0 Å². The van der Waals surface area contributed by atoms with Crippen molar-refractivity contribution in [3.8, 4) is 5.75 Å². The first kappa shape index (κ1) is 17.8. The molecule has 21 heavy (non-hydrogen) atoms. The molecule has 0 saturated carbocycles. The molecule has 0 aliphatic carbocycles. The molecule has 0 heterocycles. The van der Waals surface area contributed by atoms with Crippen molar-refractivity contribution in [3.63, 3.8) is 0 Å². The van der Waals surface area contributed by atoms with Crippen LogP contribution in [-0.4, -0.2) is 38.9 Å². The standard InChI is InChI=1S/C14H20ClNO4S/c1-5-16(6-2)14(17)9-20-12-7-11(4)13(8-10(12)3)21(15,18)19/h7-8H,5-6,9H2,1-4H3. The fourth-order valence-corrected chi connectivity index (χ4v) is 3.25. The van der Waals surface area contributed by atoms with E-state index in [-0.39, 0.29) is 17.4 Å². The van der Waals surface area contributed by atoms with Crippen LogP contribution in [0.5, 0.6) is 5.75 Å². The zero-order chi connectivity index (χ0) is 16.2. The molecule has 1 aromatic carbocycles. The van der Waals surface area contributed by atoms with Gasteiger partial charge in [0.25, 0.3) is 15.0 Å². The van der Waals surface area contributed by atoms with E-state index in [4.69, 9.17) is 15.4 Å². The number of hydrogen-bond donors (Lipinski definition) is 0. The van der Waals surface area contributed by atoms with Gasteiger partial charge in [-0.2, -0.15) is 0 Å². The maximum Gasteiger partial charge on any atom is 0.261 e. The molecule has 0 aliphatic rings. The molecule has 1 amide bonds. The quantitative estimate of drug-likeness (QED) is 0.750. The molecule has 0 fully saturated rings. The number of ether oxygens (including phenoxy) is 1. The van der Waals surface area contributed by atoms with Crippen LogP contribution in [0, 0.1) is 13.8 Å². The number of carbonyl (C=O) groups excluding carboxylic acids is 1. The summed E-state index contributed by atoms with van der Waals surface area (Å²) >= 11 is 0. The number of halogens is 1. The van der Waals surface area contributed by atoms with E-state index in [9.17, 15) is 13.2 Å². The van der Waals surface area contributed by atoms with Crippen LogP contribution in [0.15, 0.2) is 17.0 Å². The molecule has 0 spiro atoms. The summed E-state index contributed by atoms with van der Waals surface area (Å²) in [6.45, 7) is 8.32. The second-order valence-corrected chi connectivity index (χ2v) is 7.21. The minimum absolute atomic E-state index is 0.0593. The molecule has 7 heteroatoms. The molecule has 0 saturated heterocycles. The number of rotatable bonds is 6. The highest BCUT2D eigenvalue weighted by atomic mass is 35.7. The van der Waals surface area contributed by atoms with Crippen molar-refractivity contribution >= 4 is 25.6 Å². The van der Waals surface area contributed by atoms with E-state index in [1.807, 2.05) is 13.8 Å². The van der Waals surface area contributed by atoms with Gasteiger partial charge in [0.05, 0.1) is 4.90 Å². The van der Waals surface area contributed by atoms with Crippen molar-refractivity contribution in [1.29, 1.82) is 0 Å². The Hall–Kier alpha value is -1.27. The van der Waals surface area contributed by atoms with E-state index in [1.54, 1.807) is 24.8 Å². The van der Waals surface area contributed by atoms with E-state index >= 15 is 0 Å². The number of aryl methyl sites for hydroxylation is 2. The number of nitrogens with zero attached hydrogens (tertiary/aromatic N) is 1. The summed E-state index contributed by atoms with van der Waals surface area (Å²) in [6.07, 6.45) is 0. The van der Waals surface area contributed by atoms with Gasteiger partial charge < -0.3 is 9.64 Å². The van der Waals surface area contributed by atoms with E-state index in [1.165, 1.54) is 6.07 Å². The van der Waals surface area contributed by atoms with Gasteiger partial charge in [-0.25, -0.2) is 8.42 Å². The number of benzene rings is 1. The Bertz CT molecular complexity index is 624. The van der Waals surface area contributed by atoms with Crippen LogP contribution >= 0.6 is 10.7 Å². The summed E-state index contributed by atoms with van der Waals surface area (Å²) in [5, 5.41) is 0. The van der Waals surface area contributed by atoms with Gasteiger partial charge in [-0.3, -0.25) is 4.79 Å². The molecule has 0 bridgehead atoms. The van der Waals surface area contributed by atoms with Gasteiger partial charge in [-0.1, -0.05) is 0 Å². The van der Waals surface area contributed by atoms with Crippen molar-refractivity contribution in [3.05, 3.63) is 23.3 Å². The van der Waals surface area contributed by atoms with Gasteiger partial charge in [0, 0.05) is 23.8 Å². The summed E-state index contributed by atoms with van der Waals surface area (Å²) < 4.78 is 28.3. The Morgan fingerprint density at radius 1 is 1.19 bits per heavy atom. The maximum absolute atomic E-state index is 11.9. The van der Waals surface area contributed by atoms with Gasteiger partial charge in [0.15, 0.2) is 6.61 Å². The van der Waals surface area contributed by atoms with E-state index in [0.717, 1.165) is 0 Å². The third kappa shape index (κ3) is 4.61. The number of hydrogen-bond acceptors (Lipinski definition) is 4. The predicted molar refractivity (Wildman–Crippen MR) is 82.4 cm³/mol. The Kier molecular flexibility index (Phi) is 6.04. The SMILES string of the molecule is CCN(CC)C(=O)COc1cc(C)c(S(=O)(=O)Cl)cc1C. The molecule has 0 N–H and O–H groups in total. The van der Waals surface area contributed by atoms with Crippen molar-refractivity contribution in [2.75, 3.05) is 19.7 Å². The van der Waals surface area contributed by atoms with Crippen LogP contribution in [0.3, 0.4) is 0 Å². The van der Waals surface area contributed by atoms with Crippen LogP contribution in [-0.2, 0) is 13.8 Å². The fourth-order valence-electron chi connectivity index (χ4n) is 1.99. The lowest BCUT2D eigenvalue weighted by Gasteiger charge is -2.19. The van der Waals surface area contributed by atoms with Gasteiger partial charge in [0.1, 0.15) is 5.75 Å². The molecule has 0 radical (unpaired) electrons. The first-order valence-electron chi connectivity index (χ1n) is 6.67. The van der Waals surface area contributed by atoms with Crippen LogP contribution in [0.4, 0.5) is 0 Å². The lowest BCUT2D eigenvalue weighted by Crippen LogP contribution is -2.34. The first-order valence-corrected chi connectivity index (χ1v) is 8.98. The second kappa shape index (κ2) is 7.13. The topological polar surface area (TPSA) is 63.7 Å². The van der Waals surface area contributed by atoms with Crippen LogP contribution in [0.25, 0.3) is 0 Å². The van der Waals surface area contributed by atoms with Crippen molar-refractivity contribution < 1.29 is 17.9 Å². The molecule has 5 nitrogen and oxygen atoms in total. The van der Waals surface area contributed by atoms with Crippen molar-refractivity contribution in [1.82, 2.24) is 4.90 Å². The molecule has 0 unspecified atom stereocenters. The third-order valence-electron chi connectivity index (χ3n) is 3.20. The highest BCUT2D eigenvalue weighted by Crippen LogP contribution is 2.27. The monoisotopic (exact) mass is 333 g/mol. The molecule has 0 aliphatic heterocycles. The molecular weight excluding hydrogens is 314 g/mol. The van der Waals surface area contributed by atoms with Crippen LogP contribution < -0.4 is 4.74 Å². The van der Waals surface area contributed by atoms with E-state index < -0.39 is 9.05 Å². The average molecular weight is 334 g/mol. The summed E-state index contributed by atoms with van der Waals surface area (Å²) in [6, 6.07) is 3.04. The first-order chi connectivity index (χ1) is 9.70. The minimum atomic E-state index is -3.78. The summed E-state index contributed by atoms with van der Waals surface area (Å²) in [7, 11) is 1.58. The molecule has 1 aromatic rings. The highest BCUT2D eigenvalue weighted by Gasteiger charge is 2.17. The zero-order valence-corrected chi connectivity index (χ0v) is 14.2. The maximum atomic E-state index is 11.9. The van der Waals surface area contributed by atoms with Crippen molar-refractivity contribution in [2.45, 2.75) is 32.6 Å². The van der Waals surface area contributed by atoms with Crippen molar-refractivity contribution in [2.24, 2.45) is 0 Å². The number of likely N-dealkylation sites (N-methyl/N-ethyl adjacent to an activating group) is 1. The normalized spacial score (nSPS) is 11.3. The summed E-state index contributed by atoms with van der Waals surface area (Å²) in [4.78, 5) is 13.6. The lowest BCUT2D eigenvalue weighted by atomic mass is 10.1. The molecule has 1 rings (SSSR count). The smallest absolute Gasteiger partial charge is 0.261 e. The Balaban J connectivity index is 2.92. The third-order valence-corrected chi connectivity index (χ3v) is 4.67. The van der Waals surface area contributed by atoms with E-state index in [2.05, 4.69) is 0 Å². The van der Waals surface area contributed by atoms with Crippen LogP contribution in [0.1, 0.15) is 25.0 Å². The summed E-state index contributed by atoms with van der Waals surface area (Å²) in [5.74, 6) is 0.378. The van der Waals surface area contributed by atoms with Gasteiger partial charge in [-0.05, 0) is 51.0 Å². The second-order valence-electron chi connectivity index (χ2n) is 4.68. The highest BCUT2D eigenvalue weighted by molar-refractivity contribution is 8.13. The molecular formula is C14H20ClNO4S.